The number of para-hydroxylation sites is 2. The molecule has 3 aliphatic rings. The Morgan fingerprint density at radius 2 is 1.34 bits per heavy atom. The molecular weight excluding hydrogens is 558 g/mol. The maximum Gasteiger partial charge on any atom is 0.243 e. The molecule has 41 heavy (non-hydrogen) atoms. The molecule has 3 heterocycles. The van der Waals surface area contributed by atoms with E-state index in [4.69, 9.17) is 16.6 Å². The van der Waals surface area contributed by atoms with Gasteiger partial charge in [-0.25, -0.2) is 9.88 Å². The van der Waals surface area contributed by atoms with Crippen molar-refractivity contribution in [1.29, 1.82) is 0 Å². The number of nitrogens with zero attached hydrogens (tertiary/aromatic N) is 3. The molecular formula is C32H24ClN3O4S. The van der Waals surface area contributed by atoms with Crippen molar-refractivity contribution in [2.24, 2.45) is 11.8 Å². The van der Waals surface area contributed by atoms with Gasteiger partial charge in [-0.15, -0.1) is 11.3 Å². The van der Waals surface area contributed by atoms with Crippen molar-refractivity contribution in [2.45, 2.75) is 31.1 Å². The van der Waals surface area contributed by atoms with Crippen molar-refractivity contribution in [2.75, 3.05) is 9.80 Å². The van der Waals surface area contributed by atoms with Gasteiger partial charge in [-0.2, -0.15) is 0 Å². The fourth-order valence-corrected chi connectivity index (χ4v) is 8.05. The lowest BCUT2D eigenvalue weighted by Crippen LogP contribution is -2.39. The highest BCUT2D eigenvalue weighted by molar-refractivity contribution is 7.12. The summed E-state index contributed by atoms with van der Waals surface area (Å²) >= 11 is 7.64. The number of halogens is 1. The number of anilines is 2. The maximum absolute atomic E-state index is 14.3. The average molecular weight is 582 g/mol. The SMILES string of the molecule is Cc1nc2c(s1)[C@@H]1C(=O)N(c3ccccc3)C(=O)[C@@H]1[C@H](c1ccc(Cl)cc1)[C@H]2C1CC(=O)N(c2ccccc2)C1=O. The highest BCUT2D eigenvalue weighted by atomic mass is 35.5. The van der Waals surface area contributed by atoms with E-state index in [9.17, 15) is 19.2 Å². The molecule has 2 aliphatic heterocycles. The Morgan fingerprint density at radius 3 is 1.98 bits per heavy atom. The number of hydrogen-bond acceptors (Lipinski definition) is 6. The quantitative estimate of drug-likeness (QED) is 0.283. The Bertz CT molecular complexity index is 1710. The van der Waals surface area contributed by atoms with Crippen molar-refractivity contribution in [1.82, 2.24) is 4.98 Å². The zero-order chi connectivity index (χ0) is 28.4. The molecule has 0 N–H and O–H groups in total. The van der Waals surface area contributed by atoms with E-state index in [0.717, 1.165) is 10.6 Å². The molecule has 0 radical (unpaired) electrons. The molecule has 0 spiro atoms. The summed E-state index contributed by atoms with van der Waals surface area (Å²) < 4.78 is 0. The number of imide groups is 2. The summed E-state index contributed by atoms with van der Waals surface area (Å²) in [7, 11) is 0. The second-order valence-corrected chi connectivity index (χ2v) is 12.3. The Hall–Kier alpha value is -4.14. The van der Waals surface area contributed by atoms with Gasteiger partial charge in [0.05, 0.1) is 39.8 Å². The van der Waals surface area contributed by atoms with Gasteiger partial charge >= 0.3 is 0 Å². The third-order valence-corrected chi connectivity index (χ3v) is 9.73. The van der Waals surface area contributed by atoms with Gasteiger partial charge in [0.1, 0.15) is 0 Å². The highest BCUT2D eigenvalue weighted by Gasteiger charge is 2.62. The summed E-state index contributed by atoms with van der Waals surface area (Å²) in [6.07, 6.45) is -0.0135. The Kier molecular flexibility index (Phi) is 6.14. The summed E-state index contributed by atoms with van der Waals surface area (Å²) in [6, 6.07) is 25.0. The van der Waals surface area contributed by atoms with E-state index in [1.165, 1.54) is 21.1 Å². The van der Waals surface area contributed by atoms with Crippen LogP contribution < -0.4 is 9.80 Å². The minimum Gasteiger partial charge on any atom is -0.274 e. The summed E-state index contributed by atoms with van der Waals surface area (Å²) in [5, 5.41) is 1.27. The smallest absolute Gasteiger partial charge is 0.243 e. The standard InChI is InChI=1S/C32H24ClN3O4S/c1-17-34-28-25(22-16-23(37)35(30(22)38)20-8-4-2-5-9-20)24(18-12-14-19(33)15-13-18)26-27(29(28)41-17)32(40)36(31(26)39)21-10-6-3-7-11-21/h2-15,22,24-27H,16H2,1H3/t22?,24-,25-,26-,27-/m1/s1. The van der Waals surface area contributed by atoms with Crippen molar-refractivity contribution < 1.29 is 19.2 Å². The molecule has 1 aliphatic carbocycles. The van der Waals surface area contributed by atoms with Crippen molar-refractivity contribution in [3.8, 4) is 0 Å². The molecule has 1 aromatic heterocycles. The number of carbonyl (C=O) groups excluding carboxylic acids is 4. The van der Waals surface area contributed by atoms with E-state index < -0.39 is 29.6 Å². The third-order valence-electron chi connectivity index (χ3n) is 8.41. The molecule has 7 rings (SSSR count). The van der Waals surface area contributed by atoms with Crippen LogP contribution in [-0.2, 0) is 19.2 Å². The van der Waals surface area contributed by atoms with Gasteiger partial charge in [0.15, 0.2) is 0 Å². The molecule has 0 saturated carbocycles. The monoisotopic (exact) mass is 581 g/mol. The van der Waals surface area contributed by atoms with Gasteiger partial charge in [-0.05, 0) is 48.9 Å². The van der Waals surface area contributed by atoms with Crippen LogP contribution in [-0.4, -0.2) is 28.6 Å². The van der Waals surface area contributed by atoms with Gasteiger partial charge in [-0.3, -0.25) is 24.1 Å². The molecule has 3 aromatic carbocycles. The molecule has 2 saturated heterocycles. The summed E-state index contributed by atoms with van der Waals surface area (Å²) in [5.74, 6) is -4.65. The van der Waals surface area contributed by atoms with E-state index in [1.807, 2.05) is 31.2 Å². The predicted octanol–water partition coefficient (Wildman–Crippen LogP) is 5.84. The minimum atomic E-state index is -0.769. The fraction of sp³-hybridized carbons (Fsp3) is 0.219. The first-order chi connectivity index (χ1) is 19.8. The van der Waals surface area contributed by atoms with Gasteiger partial charge in [0.25, 0.3) is 0 Å². The van der Waals surface area contributed by atoms with Crippen molar-refractivity contribution >= 4 is 57.9 Å². The molecule has 4 amide bonds. The normalized spacial score (nSPS) is 25.6. The summed E-state index contributed by atoms with van der Waals surface area (Å²) in [6.45, 7) is 1.86. The van der Waals surface area contributed by atoms with Crippen LogP contribution in [0.4, 0.5) is 11.4 Å². The van der Waals surface area contributed by atoms with Gasteiger partial charge in [0, 0.05) is 28.2 Å². The lowest BCUT2D eigenvalue weighted by atomic mass is 9.62. The van der Waals surface area contributed by atoms with Crippen LogP contribution in [0.2, 0.25) is 5.02 Å². The van der Waals surface area contributed by atoms with Crippen LogP contribution in [0.3, 0.4) is 0 Å². The van der Waals surface area contributed by atoms with Crippen molar-refractivity contribution in [3.05, 3.63) is 111 Å². The first-order valence-corrected chi connectivity index (χ1v) is 14.6. The number of hydrogen-bond donors (Lipinski definition) is 0. The second-order valence-electron chi connectivity index (χ2n) is 10.6. The first-order valence-electron chi connectivity index (χ1n) is 13.4. The molecule has 2 fully saturated rings. The number of thiazole rings is 1. The van der Waals surface area contributed by atoms with E-state index in [1.54, 1.807) is 60.7 Å². The topological polar surface area (TPSA) is 87.7 Å². The highest BCUT2D eigenvalue weighted by Crippen LogP contribution is 2.60. The first kappa shape index (κ1) is 25.8. The minimum absolute atomic E-state index is 0.0135. The zero-order valence-electron chi connectivity index (χ0n) is 21.9. The van der Waals surface area contributed by atoms with Crippen molar-refractivity contribution in [3.63, 3.8) is 0 Å². The number of rotatable bonds is 4. The predicted molar refractivity (Wildman–Crippen MR) is 156 cm³/mol. The number of benzene rings is 3. The van der Waals surface area contributed by atoms with E-state index in [-0.39, 0.29) is 30.0 Å². The number of aryl methyl sites for hydroxylation is 1. The van der Waals surface area contributed by atoms with Crippen LogP contribution in [0.15, 0.2) is 84.9 Å². The molecule has 7 nitrogen and oxygen atoms in total. The largest absolute Gasteiger partial charge is 0.274 e. The fourth-order valence-electron chi connectivity index (χ4n) is 6.80. The third kappa shape index (κ3) is 3.96. The Morgan fingerprint density at radius 1 is 0.732 bits per heavy atom. The van der Waals surface area contributed by atoms with Crippen LogP contribution in [0.1, 0.15) is 45.3 Å². The second kappa shape index (κ2) is 9.75. The lowest BCUT2D eigenvalue weighted by molar-refractivity contribution is -0.125. The number of aromatic nitrogens is 1. The van der Waals surface area contributed by atoms with E-state index >= 15 is 0 Å². The lowest BCUT2D eigenvalue weighted by Gasteiger charge is -2.39. The van der Waals surface area contributed by atoms with Gasteiger partial charge in [0.2, 0.25) is 23.6 Å². The maximum atomic E-state index is 14.3. The molecule has 9 heteroatoms. The molecule has 0 bridgehead atoms. The van der Waals surface area contributed by atoms with Crippen LogP contribution in [0, 0.1) is 18.8 Å². The number of amides is 4. The van der Waals surface area contributed by atoms with Gasteiger partial charge in [-0.1, -0.05) is 60.1 Å². The van der Waals surface area contributed by atoms with E-state index in [2.05, 4.69) is 0 Å². The summed E-state index contributed by atoms with van der Waals surface area (Å²) in [5.41, 5.74) is 2.43. The molecule has 4 aromatic rings. The Balaban J connectivity index is 1.42. The molecule has 204 valence electrons. The van der Waals surface area contributed by atoms with Crippen LogP contribution in [0.25, 0.3) is 0 Å². The van der Waals surface area contributed by atoms with Crippen LogP contribution >= 0.6 is 22.9 Å². The van der Waals surface area contributed by atoms with E-state index in [0.29, 0.717) is 27.0 Å². The van der Waals surface area contributed by atoms with Gasteiger partial charge < -0.3 is 0 Å². The average Bonchev–Trinajstić information content (AvgIpc) is 3.59. The molecule has 5 atom stereocenters. The summed E-state index contributed by atoms with van der Waals surface area (Å²) in [4.78, 5) is 63.9. The number of fused-ring (bicyclic) bond motifs is 3. The number of carbonyl (C=O) groups is 4. The molecule has 1 unspecified atom stereocenters. The Labute approximate surface area is 245 Å². The van der Waals surface area contributed by atoms with Crippen LogP contribution in [0.5, 0.6) is 0 Å². The zero-order valence-corrected chi connectivity index (χ0v) is 23.5.